The molecular weight excluding hydrogens is 313 g/mol. The molecule has 8 heteroatoms. The number of nitrogens with zero attached hydrogens (tertiary/aromatic N) is 1. The molecule has 0 aromatic carbocycles. The monoisotopic (exact) mass is 341 g/mol. The Hall–Kier alpha value is -0.800. The average molecular weight is 341 g/mol. The minimum atomic E-state index is -0.901. The van der Waals surface area contributed by atoms with E-state index in [4.69, 9.17) is 4.74 Å². The zero-order valence-corrected chi connectivity index (χ0v) is 14.1. The lowest BCUT2D eigenvalue weighted by molar-refractivity contribution is -0.173. The van der Waals surface area contributed by atoms with Crippen LogP contribution < -0.4 is 21.5 Å². The normalized spacial score (nSPS) is 47.2. The van der Waals surface area contributed by atoms with Crippen LogP contribution in [0.5, 0.6) is 0 Å². The Labute approximate surface area is 142 Å². The van der Waals surface area contributed by atoms with E-state index in [1.807, 2.05) is 6.92 Å². The number of rotatable bonds is 2. The van der Waals surface area contributed by atoms with Crippen molar-refractivity contribution in [3.05, 3.63) is 0 Å². The molecule has 1 aliphatic carbocycles. The van der Waals surface area contributed by atoms with Gasteiger partial charge in [-0.25, -0.2) is 15.2 Å². The van der Waals surface area contributed by atoms with Gasteiger partial charge in [0.05, 0.1) is 18.1 Å². The summed E-state index contributed by atoms with van der Waals surface area (Å²) in [7, 11) is 0. The number of cyclic esters (lactones) is 1. The first kappa shape index (κ1) is 16.7. The number of nitrogens with one attached hydrogen (secondary N) is 4. The summed E-state index contributed by atoms with van der Waals surface area (Å²) < 4.78 is 19.5. The number of hydrazine groups is 1. The molecule has 3 aliphatic heterocycles. The fourth-order valence-corrected chi connectivity index (χ4v) is 4.43. The maximum Gasteiger partial charge on any atom is 0.312 e. The minimum Gasteiger partial charge on any atom is -0.445 e. The first-order valence-corrected chi connectivity index (χ1v) is 9.18. The molecule has 7 atom stereocenters. The summed E-state index contributed by atoms with van der Waals surface area (Å²) in [6, 6.07) is 0.0701. The molecule has 4 aliphatic rings. The number of hydrogen-bond acceptors (Lipinski definition) is 7. The van der Waals surface area contributed by atoms with Gasteiger partial charge in [-0.05, 0) is 31.6 Å². The maximum absolute atomic E-state index is 13.9. The lowest BCUT2D eigenvalue weighted by atomic mass is 9.77. The van der Waals surface area contributed by atoms with Crippen molar-refractivity contribution in [3.63, 3.8) is 0 Å². The van der Waals surface area contributed by atoms with Crippen LogP contribution in [-0.4, -0.2) is 61.3 Å². The lowest BCUT2D eigenvalue weighted by Gasteiger charge is -2.46. The summed E-state index contributed by atoms with van der Waals surface area (Å²) >= 11 is 0. The molecule has 3 saturated heterocycles. The van der Waals surface area contributed by atoms with E-state index < -0.39 is 6.17 Å². The largest absolute Gasteiger partial charge is 0.445 e. The van der Waals surface area contributed by atoms with Gasteiger partial charge in [0, 0.05) is 25.8 Å². The third-order valence-electron chi connectivity index (χ3n) is 6.02. The Morgan fingerprint density at radius 1 is 1.21 bits per heavy atom. The van der Waals surface area contributed by atoms with E-state index in [1.54, 1.807) is 0 Å². The van der Waals surface area contributed by atoms with Gasteiger partial charge in [-0.15, -0.1) is 0 Å². The second kappa shape index (κ2) is 6.84. The molecule has 4 fully saturated rings. The van der Waals surface area contributed by atoms with Gasteiger partial charge in [0.2, 0.25) is 0 Å². The molecule has 4 N–H and O–H groups in total. The van der Waals surface area contributed by atoms with Crippen molar-refractivity contribution in [1.29, 1.82) is 0 Å². The first-order valence-electron chi connectivity index (χ1n) is 9.18. The van der Waals surface area contributed by atoms with Gasteiger partial charge in [-0.1, -0.05) is 6.92 Å². The predicted molar refractivity (Wildman–Crippen MR) is 86.2 cm³/mol. The second-order valence-corrected chi connectivity index (χ2v) is 7.66. The molecule has 24 heavy (non-hydrogen) atoms. The van der Waals surface area contributed by atoms with Gasteiger partial charge >= 0.3 is 5.97 Å². The van der Waals surface area contributed by atoms with Crippen LogP contribution in [0.4, 0.5) is 4.39 Å². The molecule has 0 radical (unpaired) electrons. The van der Waals surface area contributed by atoms with E-state index in [0.717, 1.165) is 32.6 Å². The molecule has 7 unspecified atom stereocenters. The van der Waals surface area contributed by atoms with Crippen LogP contribution in [0.15, 0.2) is 0 Å². The highest BCUT2D eigenvalue weighted by Gasteiger charge is 2.46. The van der Waals surface area contributed by atoms with Crippen LogP contribution in [-0.2, 0) is 9.53 Å². The number of fused-ring (bicyclic) bond motifs is 1. The minimum absolute atomic E-state index is 0.00483. The van der Waals surface area contributed by atoms with Crippen molar-refractivity contribution in [2.24, 2.45) is 11.8 Å². The van der Waals surface area contributed by atoms with E-state index in [1.165, 1.54) is 0 Å². The summed E-state index contributed by atoms with van der Waals surface area (Å²) in [5, 5.41) is 6.79. The van der Waals surface area contributed by atoms with E-state index in [2.05, 4.69) is 26.4 Å². The van der Waals surface area contributed by atoms with Crippen LogP contribution in [0, 0.1) is 11.8 Å². The number of ether oxygens (including phenoxy) is 1. The lowest BCUT2D eigenvalue weighted by Crippen LogP contribution is -2.67. The number of esters is 1. The van der Waals surface area contributed by atoms with Crippen LogP contribution >= 0.6 is 0 Å². The first-order chi connectivity index (χ1) is 11.6. The van der Waals surface area contributed by atoms with Gasteiger partial charge in [0.25, 0.3) is 0 Å². The number of carbonyl (C=O) groups is 1. The van der Waals surface area contributed by atoms with Gasteiger partial charge in [-0.3, -0.25) is 15.0 Å². The molecule has 0 spiro atoms. The van der Waals surface area contributed by atoms with Gasteiger partial charge < -0.3 is 10.1 Å². The molecule has 7 nitrogen and oxygen atoms in total. The number of carbonyl (C=O) groups excluding carboxylic acids is 1. The van der Waals surface area contributed by atoms with Crippen molar-refractivity contribution < 1.29 is 13.9 Å². The quantitative estimate of drug-likeness (QED) is 0.512. The van der Waals surface area contributed by atoms with Crippen LogP contribution in [0.1, 0.15) is 32.6 Å². The summed E-state index contributed by atoms with van der Waals surface area (Å²) in [6.45, 7) is 4.91. The smallest absolute Gasteiger partial charge is 0.312 e. The Morgan fingerprint density at radius 2 is 2.08 bits per heavy atom. The molecule has 0 aromatic rings. The number of alkyl halides is 1. The Balaban J connectivity index is 1.33. The zero-order valence-electron chi connectivity index (χ0n) is 14.1. The van der Waals surface area contributed by atoms with Gasteiger partial charge in [-0.2, -0.15) is 0 Å². The van der Waals surface area contributed by atoms with E-state index in [0.29, 0.717) is 12.6 Å². The highest BCUT2D eigenvalue weighted by molar-refractivity contribution is 5.74. The fraction of sp³-hybridized carbons (Fsp3) is 0.938. The van der Waals surface area contributed by atoms with Crippen molar-refractivity contribution in [2.75, 3.05) is 19.8 Å². The summed E-state index contributed by atoms with van der Waals surface area (Å²) in [4.78, 5) is 14.7. The molecule has 136 valence electrons. The van der Waals surface area contributed by atoms with E-state index >= 15 is 0 Å². The second-order valence-electron chi connectivity index (χ2n) is 7.66. The standard InChI is InChI=1S/C16H28FN5O2/c1-9-6-13-10(7-11(9)17)16(23)24-15(19-13)12-2-3-14(21-20-12)22-5-4-18-8-22/h9-15,18-21H,2-8H2,1H3. The molecule has 1 saturated carbocycles. The highest BCUT2D eigenvalue weighted by Crippen LogP contribution is 2.35. The van der Waals surface area contributed by atoms with Crippen LogP contribution in [0.25, 0.3) is 0 Å². The van der Waals surface area contributed by atoms with Crippen molar-refractivity contribution in [2.45, 2.75) is 63.3 Å². The summed E-state index contributed by atoms with van der Waals surface area (Å²) in [5.41, 5.74) is 6.67. The topological polar surface area (TPSA) is 77.7 Å². The molecule has 3 heterocycles. The van der Waals surface area contributed by atoms with E-state index in [9.17, 15) is 9.18 Å². The summed E-state index contributed by atoms with van der Waals surface area (Å²) in [5.74, 6) is -0.590. The van der Waals surface area contributed by atoms with Crippen LogP contribution in [0.2, 0.25) is 0 Å². The maximum atomic E-state index is 13.9. The molecule has 4 rings (SSSR count). The predicted octanol–water partition coefficient (Wildman–Crippen LogP) is -0.343. The average Bonchev–Trinajstić information content (AvgIpc) is 3.11. The van der Waals surface area contributed by atoms with Crippen molar-refractivity contribution in [1.82, 2.24) is 26.4 Å². The molecule has 0 bridgehead atoms. The van der Waals surface area contributed by atoms with Crippen LogP contribution in [0.3, 0.4) is 0 Å². The van der Waals surface area contributed by atoms with Crippen molar-refractivity contribution >= 4 is 5.97 Å². The third-order valence-corrected chi connectivity index (χ3v) is 6.02. The van der Waals surface area contributed by atoms with Gasteiger partial charge in [0.1, 0.15) is 6.17 Å². The number of hydrogen-bond donors (Lipinski definition) is 4. The fourth-order valence-electron chi connectivity index (χ4n) is 4.43. The number of halogens is 1. The zero-order chi connectivity index (χ0) is 16.7. The highest BCUT2D eigenvalue weighted by atomic mass is 19.1. The molecular formula is C16H28FN5O2. The Morgan fingerprint density at radius 3 is 2.79 bits per heavy atom. The SMILES string of the molecule is CC1CC2NC(C3CCC(N4CCNC4)NN3)OC(=O)C2CC1F. The third kappa shape index (κ3) is 3.17. The molecule has 0 amide bonds. The Kier molecular flexibility index (Phi) is 4.75. The van der Waals surface area contributed by atoms with Crippen molar-refractivity contribution in [3.8, 4) is 0 Å². The van der Waals surface area contributed by atoms with Gasteiger partial charge in [0.15, 0.2) is 6.23 Å². The summed E-state index contributed by atoms with van der Waals surface area (Å²) in [6.07, 6.45) is 1.98. The molecule has 0 aromatic heterocycles. The van der Waals surface area contributed by atoms with E-state index in [-0.39, 0.29) is 42.5 Å². The Bertz CT molecular complexity index is 467.